The zero-order valence-electron chi connectivity index (χ0n) is 16.1. The molecule has 0 saturated carbocycles. The maximum atomic E-state index is 5.47. The van der Waals surface area contributed by atoms with Crippen molar-refractivity contribution in [3.8, 4) is 11.4 Å². The van der Waals surface area contributed by atoms with Crippen LogP contribution in [-0.2, 0) is 13.0 Å². The van der Waals surface area contributed by atoms with Crippen LogP contribution in [0, 0.1) is 6.92 Å². The highest BCUT2D eigenvalue weighted by atomic mass is 32.1. The quantitative estimate of drug-likeness (QED) is 0.450. The molecule has 4 aromatic rings. The second-order valence-electron chi connectivity index (χ2n) is 6.80. The minimum Gasteiger partial charge on any atom is -0.338 e. The highest BCUT2D eigenvalue weighted by Gasteiger charge is 2.17. The van der Waals surface area contributed by atoms with Crippen molar-refractivity contribution in [1.82, 2.24) is 15.5 Å². The van der Waals surface area contributed by atoms with E-state index < -0.39 is 0 Å². The first-order chi connectivity index (χ1) is 13.7. The van der Waals surface area contributed by atoms with E-state index in [1.165, 1.54) is 21.6 Å². The van der Waals surface area contributed by atoms with E-state index in [0.717, 1.165) is 12.0 Å². The molecule has 142 valence electrons. The predicted molar refractivity (Wildman–Crippen MR) is 113 cm³/mol. The molecule has 0 aliphatic heterocycles. The van der Waals surface area contributed by atoms with Gasteiger partial charge in [0.2, 0.25) is 11.7 Å². The van der Waals surface area contributed by atoms with E-state index in [0.29, 0.717) is 18.3 Å². The van der Waals surface area contributed by atoms with E-state index in [-0.39, 0.29) is 6.04 Å². The highest BCUT2D eigenvalue weighted by molar-refractivity contribution is 7.10. The molecular formula is C23H23N3OS. The van der Waals surface area contributed by atoms with Crippen LogP contribution in [0.1, 0.15) is 40.4 Å². The first kappa shape index (κ1) is 18.6. The lowest BCUT2D eigenvalue weighted by Gasteiger charge is -2.17. The monoisotopic (exact) mass is 389 g/mol. The second-order valence-corrected chi connectivity index (χ2v) is 7.78. The molecule has 0 saturated heterocycles. The third-order valence-electron chi connectivity index (χ3n) is 4.78. The van der Waals surface area contributed by atoms with E-state index in [2.05, 4.69) is 83.2 Å². The van der Waals surface area contributed by atoms with Crippen LogP contribution in [-0.4, -0.2) is 10.1 Å². The van der Waals surface area contributed by atoms with Crippen molar-refractivity contribution in [2.75, 3.05) is 0 Å². The lowest BCUT2D eigenvalue weighted by atomic mass is 10.0. The summed E-state index contributed by atoms with van der Waals surface area (Å²) >= 11 is 1.75. The molecule has 4 rings (SSSR count). The summed E-state index contributed by atoms with van der Waals surface area (Å²) in [7, 11) is 0. The summed E-state index contributed by atoms with van der Waals surface area (Å²) < 4.78 is 5.47. The standard InChI is InChI=1S/C23H23N3OS/c1-3-17-8-12-18(13-9-17)22(20-5-4-14-28-20)24-15-21-25-23(26-27-21)19-10-6-16(2)7-11-19/h4-14,22,24H,3,15H2,1-2H3. The Kier molecular flexibility index (Phi) is 5.65. The van der Waals surface area contributed by atoms with Crippen molar-refractivity contribution in [2.45, 2.75) is 32.9 Å². The fourth-order valence-corrected chi connectivity index (χ4v) is 3.95. The minimum absolute atomic E-state index is 0.0978. The molecule has 2 aromatic heterocycles. The molecule has 4 nitrogen and oxygen atoms in total. The molecule has 0 amide bonds. The van der Waals surface area contributed by atoms with Gasteiger partial charge in [-0.05, 0) is 35.9 Å². The van der Waals surface area contributed by atoms with Crippen molar-refractivity contribution in [2.24, 2.45) is 0 Å². The Bertz CT molecular complexity index is 1000. The number of nitrogens with one attached hydrogen (secondary N) is 1. The predicted octanol–water partition coefficient (Wildman–Crippen LogP) is 5.55. The van der Waals surface area contributed by atoms with Gasteiger partial charge in [0.1, 0.15) is 0 Å². The minimum atomic E-state index is 0.0978. The van der Waals surface area contributed by atoms with Crippen molar-refractivity contribution in [1.29, 1.82) is 0 Å². The van der Waals surface area contributed by atoms with Crippen LogP contribution in [0.5, 0.6) is 0 Å². The number of aryl methyl sites for hydroxylation is 2. The summed E-state index contributed by atoms with van der Waals surface area (Å²) in [5, 5.41) is 9.81. The number of nitrogens with zero attached hydrogens (tertiary/aromatic N) is 2. The summed E-state index contributed by atoms with van der Waals surface area (Å²) in [6.45, 7) is 4.75. The summed E-state index contributed by atoms with van der Waals surface area (Å²) in [5.74, 6) is 1.21. The van der Waals surface area contributed by atoms with Gasteiger partial charge in [0.25, 0.3) is 0 Å². The van der Waals surface area contributed by atoms with Gasteiger partial charge in [-0.1, -0.05) is 72.2 Å². The summed E-state index contributed by atoms with van der Waals surface area (Å²) in [6, 6.07) is 21.2. The summed E-state index contributed by atoms with van der Waals surface area (Å²) in [5.41, 5.74) is 4.75. The number of aromatic nitrogens is 2. The van der Waals surface area contributed by atoms with Crippen LogP contribution in [0.4, 0.5) is 0 Å². The van der Waals surface area contributed by atoms with Gasteiger partial charge in [-0.25, -0.2) is 0 Å². The lowest BCUT2D eigenvalue weighted by Crippen LogP contribution is -2.21. The van der Waals surface area contributed by atoms with Crippen molar-refractivity contribution in [3.63, 3.8) is 0 Å². The van der Waals surface area contributed by atoms with Gasteiger partial charge in [0.15, 0.2) is 0 Å². The molecule has 0 aliphatic rings. The lowest BCUT2D eigenvalue weighted by molar-refractivity contribution is 0.363. The van der Waals surface area contributed by atoms with E-state index in [4.69, 9.17) is 4.52 Å². The third kappa shape index (κ3) is 4.21. The van der Waals surface area contributed by atoms with Crippen molar-refractivity contribution in [3.05, 3.63) is 93.5 Å². The Labute approximate surface area is 169 Å². The molecule has 2 aromatic carbocycles. The number of benzene rings is 2. The Morgan fingerprint density at radius 1 is 1.04 bits per heavy atom. The van der Waals surface area contributed by atoms with Gasteiger partial charge < -0.3 is 4.52 Å². The summed E-state index contributed by atoms with van der Waals surface area (Å²) in [4.78, 5) is 5.81. The molecule has 28 heavy (non-hydrogen) atoms. The molecule has 0 fully saturated rings. The second kappa shape index (κ2) is 8.50. The molecule has 1 N–H and O–H groups in total. The number of thiophene rings is 1. The average molecular weight is 390 g/mol. The van der Waals surface area contributed by atoms with Crippen LogP contribution in [0.2, 0.25) is 0 Å². The fourth-order valence-electron chi connectivity index (χ4n) is 3.12. The van der Waals surface area contributed by atoms with Crippen LogP contribution >= 0.6 is 11.3 Å². The van der Waals surface area contributed by atoms with Gasteiger partial charge in [0.05, 0.1) is 12.6 Å². The average Bonchev–Trinajstić information content (AvgIpc) is 3.42. The topological polar surface area (TPSA) is 51.0 Å². The molecule has 0 bridgehead atoms. The van der Waals surface area contributed by atoms with Gasteiger partial charge >= 0.3 is 0 Å². The van der Waals surface area contributed by atoms with Crippen LogP contribution in [0.15, 0.2) is 70.6 Å². The van der Waals surface area contributed by atoms with Crippen molar-refractivity contribution >= 4 is 11.3 Å². The smallest absolute Gasteiger partial charge is 0.240 e. The maximum Gasteiger partial charge on any atom is 0.240 e. The number of hydrogen-bond donors (Lipinski definition) is 1. The Morgan fingerprint density at radius 2 is 1.82 bits per heavy atom. The molecule has 0 spiro atoms. The zero-order valence-corrected chi connectivity index (χ0v) is 16.9. The van der Waals surface area contributed by atoms with E-state index >= 15 is 0 Å². The molecule has 0 aliphatic carbocycles. The SMILES string of the molecule is CCc1ccc(C(NCc2nc(-c3ccc(C)cc3)no2)c2cccs2)cc1. The largest absolute Gasteiger partial charge is 0.338 e. The Balaban J connectivity index is 1.51. The van der Waals surface area contributed by atoms with E-state index in [9.17, 15) is 0 Å². The van der Waals surface area contributed by atoms with E-state index in [1.807, 2.05) is 12.1 Å². The summed E-state index contributed by atoms with van der Waals surface area (Å²) in [6.07, 6.45) is 1.04. The first-order valence-corrected chi connectivity index (χ1v) is 10.4. The molecule has 5 heteroatoms. The number of rotatable bonds is 7. The molecule has 1 atom stereocenters. The van der Waals surface area contributed by atoms with Crippen LogP contribution < -0.4 is 5.32 Å². The van der Waals surface area contributed by atoms with E-state index in [1.54, 1.807) is 11.3 Å². The van der Waals surface area contributed by atoms with Crippen molar-refractivity contribution < 1.29 is 4.52 Å². The number of hydrogen-bond acceptors (Lipinski definition) is 5. The van der Waals surface area contributed by atoms with Gasteiger partial charge in [-0.2, -0.15) is 4.98 Å². The highest BCUT2D eigenvalue weighted by Crippen LogP contribution is 2.27. The zero-order chi connectivity index (χ0) is 19.3. The van der Waals surface area contributed by atoms with Gasteiger partial charge in [-0.3, -0.25) is 5.32 Å². The molecule has 2 heterocycles. The normalized spacial score (nSPS) is 12.2. The third-order valence-corrected chi connectivity index (χ3v) is 5.72. The first-order valence-electron chi connectivity index (χ1n) is 9.48. The molecular weight excluding hydrogens is 366 g/mol. The molecule has 0 radical (unpaired) electrons. The Morgan fingerprint density at radius 3 is 2.50 bits per heavy atom. The van der Waals surface area contributed by atoms with Gasteiger partial charge in [-0.15, -0.1) is 11.3 Å². The van der Waals surface area contributed by atoms with Crippen LogP contribution in [0.3, 0.4) is 0 Å². The molecule has 1 unspecified atom stereocenters. The Hall–Kier alpha value is -2.76. The van der Waals surface area contributed by atoms with Gasteiger partial charge in [0, 0.05) is 10.4 Å². The van der Waals surface area contributed by atoms with Crippen LogP contribution in [0.25, 0.3) is 11.4 Å². The maximum absolute atomic E-state index is 5.47. The fraction of sp³-hybridized carbons (Fsp3) is 0.217.